The zero-order chi connectivity index (χ0) is 37.3. The number of fused-ring (bicyclic) bond motifs is 1. The SMILES string of the molecule is C[Si](C)(C)CCOCn1ncc(N[C@H]2CCC[C@@H](Cn3c(F)c(C#N)c4cc(-c5ncc(C(F)(F)F)cn5)ccc4c3=O)C2)c(C(F)(F)F)c1=O. The predicted molar refractivity (Wildman–Crippen MR) is 176 cm³/mol. The Balaban J connectivity index is 1.36. The van der Waals surface area contributed by atoms with Crippen molar-refractivity contribution in [2.45, 2.75) is 83.0 Å². The molecule has 1 aliphatic rings. The van der Waals surface area contributed by atoms with Crippen LogP contribution in [0.15, 0.2) is 46.4 Å². The fourth-order valence-electron chi connectivity index (χ4n) is 6.01. The van der Waals surface area contributed by atoms with Crippen molar-refractivity contribution >= 4 is 24.5 Å². The van der Waals surface area contributed by atoms with Crippen LogP contribution < -0.4 is 16.4 Å². The molecule has 1 saturated carbocycles. The van der Waals surface area contributed by atoms with Gasteiger partial charge in [0.1, 0.15) is 23.9 Å². The second-order valence-electron chi connectivity index (χ2n) is 13.7. The van der Waals surface area contributed by atoms with Gasteiger partial charge in [0.05, 0.1) is 17.4 Å². The lowest BCUT2D eigenvalue weighted by Gasteiger charge is -2.31. The molecule has 2 atom stereocenters. The van der Waals surface area contributed by atoms with Crippen molar-refractivity contribution in [1.82, 2.24) is 24.3 Å². The van der Waals surface area contributed by atoms with E-state index >= 15 is 4.39 Å². The van der Waals surface area contributed by atoms with Gasteiger partial charge in [-0.25, -0.2) is 14.6 Å². The first-order valence-corrected chi connectivity index (χ1v) is 19.8. The highest BCUT2D eigenvalue weighted by atomic mass is 28.3. The molecule has 0 amide bonds. The lowest BCUT2D eigenvalue weighted by molar-refractivity contribution is -0.139. The van der Waals surface area contributed by atoms with E-state index in [9.17, 15) is 41.2 Å². The van der Waals surface area contributed by atoms with Crippen LogP contribution in [0.25, 0.3) is 22.2 Å². The Morgan fingerprint density at radius 3 is 2.33 bits per heavy atom. The Labute approximate surface area is 287 Å². The van der Waals surface area contributed by atoms with Gasteiger partial charge >= 0.3 is 12.4 Å². The van der Waals surface area contributed by atoms with Gasteiger partial charge < -0.3 is 10.1 Å². The number of anilines is 1. The molecule has 4 aromatic rings. The third kappa shape index (κ3) is 8.64. The Morgan fingerprint density at radius 1 is 1.00 bits per heavy atom. The maximum absolute atomic E-state index is 15.8. The zero-order valence-electron chi connectivity index (χ0n) is 27.8. The van der Waals surface area contributed by atoms with Crippen LogP contribution in [0.4, 0.5) is 36.4 Å². The van der Waals surface area contributed by atoms with E-state index in [0.29, 0.717) is 36.3 Å². The standard InChI is InChI=1S/C33H34F7N7O3Si/c1-51(2,3)10-9-50-18-47-31(49)27(33(38,39)40)26(16-44-47)45-22-6-4-5-19(11-22)17-46-28(34)25(13-41)24-12-20(7-8-23(24)30(46)48)29-42-14-21(15-43-29)32(35,36)37/h7-8,12,14-16,19,22,45H,4-6,9-11,17-18H2,1-3H3/t19-,22+/m1/s1. The summed E-state index contributed by atoms with van der Waals surface area (Å²) in [5.74, 6) is -1.66. The number of ether oxygens (including phenoxy) is 1. The van der Waals surface area contributed by atoms with Gasteiger partial charge in [-0.05, 0) is 43.4 Å². The number of hydrogen-bond acceptors (Lipinski definition) is 8. The molecule has 1 aromatic carbocycles. The number of halogens is 7. The number of pyridine rings is 1. The quantitative estimate of drug-likeness (QED) is 0.0795. The summed E-state index contributed by atoms with van der Waals surface area (Å²) in [6, 6.07) is 5.87. The largest absolute Gasteiger partial charge is 0.423 e. The van der Waals surface area contributed by atoms with Gasteiger partial charge in [0.25, 0.3) is 11.1 Å². The van der Waals surface area contributed by atoms with Crippen LogP contribution in [0.2, 0.25) is 25.7 Å². The minimum absolute atomic E-state index is 0.0278. The third-order valence-electron chi connectivity index (χ3n) is 8.68. The average molecular weight is 738 g/mol. The number of nitrogens with one attached hydrogen (secondary N) is 1. The van der Waals surface area contributed by atoms with Crippen molar-refractivity contribution in [1.29, 1.82) is 5.26 Å². The number of nitrogens with zero attached hydrogens (tertiary/aromatic N) is 6. The number of benzene rings is 1. The van der Waals surface area contributed by atoms with Gasteiger partial charge in [0.15, 0.2) is 5.82 Å². The van der Waals surface area contributed by atoms with Crippen LogP contribution >= 0.6 is 0 Å². The summed E-state index contributed by atoms with van der Waals surface area (Å²) >= 11 is 0. The minimum Gasteiger partial charge on any atom is -0.380 e. The van der Waals surface area contributed by atoms with Gasteiger partial charge in [-0.3, -0.25) is 14.2 Å². The predicted octanol–water partition coefficient (Wildman–Crippen LogP) is 7.05. The van der Waals surface area contributed by atoms with E-state index in [0.717, 1.165) is 16.8 Å². The number of hydrogen-bond donors (Lipinski definition) is 1. The second-order valence-corrected chi connectivity index (χ2v) is 19.3. The summed E-state index contributed by atoms with van der Waals surface area (Å²) < 4.78 is 104. The van der Waals surface area contributed by atoms with Gasteiger partial charge in [-0.2, -0.15) is 41.1 Å². The second kappa shape index (κ2) is 14.5. The molecule has 5 rings (SSSR count). The maximum Gasteiger partial charge on any atom is 0.423 e. The molecule has 0 unspecified atom stereocenters. The molecule has 51 heavy (non-hydrogen) atoms. The normalized spacial score (nSPS) is 17.0. The molecule has 3 heterocycles. The lowest BCUT2D eigenvalue weighted by Crippen LogP contribution is -2.36. The molecule has 0 saturated heterocycles. The third-order valence-corrected chi connectivity index (χ3v) is 10.4. The van der Waals surface area contributed by atoms with E-state index in [4.69, 9.17) is 4.74 Å². The minimum atomic E-state index is -5.00. The van der Waals surface area contributed by atoms with Gasteiger partial charge in [0.2, 0.25) is 5.95 Å². The Hall–Kier alpha value is -4.63. The molecule has 272 valence electrons. The summed E-state index contributed by atoms with van der Waals surface area (Å²) in [5.41, 5.74) is -5.42. The van der Waals surface area contributed by atoms with E-state index in [1.54, 1.807) is 6.07 Å². The molecule has 1 fully saturated rings. The summed E-state index contributed by atoms with van der Waals surface area (Å²) in [6.07, 6.45) is -5.86. The average Bonchev–Trinajstić information content (AvgIpc) is 3.05. The van der Waals surface area contributed by atoms with Crippen LogP contribution in [0.3, 0.4) is 0 Å². The molecule has 10 nitrogen and oxygen atoms in total. The number of alkyl halides is 6. The molecule has 18 heteroatoms. The van der Waals surface area contributed by atoms with E-state index in [1.165, 1.54) is 18.2 Å². The molecule has 3 aromatic heterocycles. The first kappa shape index (κ1) is 37.6. The maximum atomic E-state index is 15.8. The molecule has 0 spiro atoms. The molecular weight excluding hydrogens is 703 g/mol. The number of nitriles is 1. The highest BCUT2D eigenvalue weighted by molar-refractivity contribution is 6.76. The van der Waals surface area contributed by atoms with E-state index in [1.807, 2.05) is 0 Å². The zero-order valence-corrected chi connectivity index (χ0v) is 28.8. The summed E-state index contributed by atoms with van der Waals surface area (Å²) in [6.45, 7) is 6.01. The van der Waals surface area contributed by atoms with Crippen molar-refractivity contribution in [3.63, 3.8) is 0 Å². The van der Waals surface area contributed by atoms with Gasteiger partial charge in [0, 0.05) is 56.0 Å². The van der Waals surface area contributed by atoms with E-state index in [-0.39, 0.29) is 41.7 Å². The van der Waals surface area contributed by atoms with E-state index < -0.39 is 78.6 Å². The lowest BCUT2D eigenvalue weighted by atomic mass is 9.85. The Morgan fingerprint density at radius 2 is 1.71 bits per heavy atom. The molecule has 0 bridgehead atoms. The van der Waals surface area contributed by atoms with Crippen LogP contribution in [-0.2, 0) is 30.4 Å². The highest BCUT2D eigenvalue weighted by Crippen LogP contribution is 2.35. The van der Waals surface area contributed by atoms with Crippen LogP contribution in [0.5, 0.6) is 0 Å². The molecule has 1 aliphatic carbocycles. The topological polar surface area (TPSA) is 128 Å². The number of aromatic nitrogens is 5. The van der Waals surface area contributed by atoms with Crippen LogP contribution in [-0.4, -0.2) is 45.0 Å². The van der Waals surface area contributed by atoms with Crippen molar-refractivity contribution in [3.8, 4) is 17.5 Å². The fourth-order valence-corrected chi connectivity index (χ4v) is 6.77. The highest BCUT2D eigenvalue weighted by Gasteiger charge is 2.39. The molecule has 0 radical (unpaired) electrons. The molecule has 1 N–H and O–H groups in total. The molecular formula is C33H34F7N7O3Si. The summed E-state index contributed by atoms with van der Waals surface area (Å²) in [4.78, 5) is 33.8. The van der Waals surface area contributed by atoms with Crippen molar-refractivity contribution in [3.05, 3.63) is 80.1 Å². The first-order chi connectivity index (χ1) is 23.9. The van der Waals surface area contributed by atoms with Crippen LogP contribution in [0.1, 0.15) is 42.4 Å². The number of rotatable bonds is 10. The van der Waals surface area contributed by atoms with Crippen molar-refractivity contribution in [2.75, 3.05) is 11.9 Å². The van der Waals surface area contributed by atoms with E-state index in [2.05, 4.69) is 40.0 Å². The van der Waals surface area contributed by atoms with Gasteiger partial charge in [-0.1, -0.05) is 32.1 Å². The fraction of sp³-hybridized carbons (Fsp3) is 0.455. The monoisotopic (exact) mass is 737 g/mol. The molecule has 0 aliphatic heterocycles. The van der Waals surface area contributed by atoms with Crippen molar-refractivity contribution in [2.24, 2.45) is 5.92 Å². The van der Waals surface area contributed by atoms with Gasteiger partial charge in [-0.15, -0.1) is 0 Å². The Bertz CT molecular complexity index is 2070. The summed E-state index contributed by atoms with van der Waals surface area (Å²) in [5, 5.41) is 16.4. The first-order valence-electron chi connectivity index (χ1n) is 16.0. The summed E-state index contributed by atoms with van der Waals surface area (Å²) in [7, 11) is -1.47. The Kier molecular flexibility index (Phi) is 10.7. The smallest absolute Gasteiger partial charge is 0.380 e. The van der Waals surface area contributed by atoms with Crippen LogP contribution in [0, 0.1) is 23.2 Å². The van der Waals surface area contributed by atoms with Crippen molar-refractivity contribution < 1.29 is 35.5 Å².